The van der Waals surface area contributed by atoms with Gasteiger partial charge in [-0.25, -0.2) is 0 Å². The largest absolute Gasteiger partial charge is 0.381 e. The Morgan fingerprint density at radius 2 is 2.14 bits per heavy atom. The number of hydrogen-bond acceptors (Lipinski definition) is 4. The van der Waals surface area contributed by atoms with E-state index in [-0.39, 0.29) is 18.1 Å². The molecule has 0 aliphatic carbocycles. The monoisotopic (exact) mass is 308 g/mol. The van der Waals surface area contributed by atoms with E-state index in [1.165, 1.54) is 9.75 Å². The Bertz CT molecular complexity index is 496. The molecule has 3 heterocycles. The van der Waals surface area contributed by atoms with E-state index in [1.807, 2.05) is 0 Å². The second kappa shape index (κ2) is 6.46. The highest BCUT2D eigenvalue weighted by molar-refractivity contribution is 7.12. The summed E-state index contributed by atoms with van der Waals surface area (Å²) < 4.78 is 5.43. The summed E-state index contributed by atoms with van der Waals surface area (Å²) in [6.07, 6.45) is 3.04. The predicted octanol–water partition coefficient (Wildman–Crippen LogP) is 2.69. The first kappa shape index (κ1) is 15.0. The summed E-state index contributed by atoms with van der Waals surface area (Å²) in [5, 5.41) is 3.52. The average Bonchev–Trinajstić information content (AvgIpc) is 3.05. The van der Waals surface area contributed by atoms with Crippen molar-refractivity contribution in [2.45, 2.75) is 45.3 Å². The third kappa shape index (κ3) is 3.15. The number of thiophene rings is 1. The van der Waals surface area contributed by atoms with Crippen LogP contribution in [0.25, 0.3) is 0 Å². The minimum atomic E-state index is -0.0303. The predicted molar refractivity (Wildman–Crippen MR) is 84.3 cm³/mol. The summed E-state index contributed by atoms with van der Waals surface area (Å²) in [5.74, 6) is 0.837. The van der Waals surface area contributed by atoms with Crippen molar-refractivity contribution in [2.24, 2.45) is 5.92 Å². The highest BCUT2D eigenvalue weighted by Crippen LogP contribution is 2.32. The van der Waals surface area contributed by atoms with Crippen molar-refractivity contribution in [3.63, 3.8) is 0 Å². The van der Waals surface area contributed by atoms with Gasteiger partial charge >= 0.3 is 0 Å². The number of aryl methyl sites for hydroxylation is 1. The van der Waals surface area contributed by atoms with Crippen LogP contribution in [-0.4, -0.2) is 36.6 Å². The highest BCUT2D eigenvalue weighted by atomic mass is 32.1. The average molecular weight is 308 g/mol. The van der Waals surface area contributed by atoms with Crippen molar-refractivity contribution in [3.05, 3.63) is 21.9 Å². The van der Waals surface area contributed by atoms with Gasteiger partial charge in [0.1, 0.15) is 6.17 Å². The summed E-state index contributed by atoms with van der Waals surface area (Å²) in [7, 11) is 0. The Labute approximate surface area is 130 Å². The molecule has 1 aromatic rings. The molecule has 21 heavy (non-hydrogen) atoms. The molecular weight excluding hydrogens is 284 g/mol. The van der Waals surface area contributed by atoms with Crippen LogP contribution >= 0.6 is 11.3 Å². The fourth-order valence-corrected chi connectivity index (χ4v) is 4.16. The van der Waals surface area contributed by atoms with Gasteiger partial charge in [-0.15, -0.1) is 11.3 Å². The molecule has 2 aliphatic rings. The summed E-state index contributed by atoms with van der Waals surface area (Å²) in [6.45, 7) is 6.71. The van der Waals surface area contributed by atoms with E-state index in [0.29, 0.717) is 5.92 Å². The fraction of sp³-hybridized carbons (Fsp3) is 0.688. The molecule has 0 aromatic carbocycles. The molecular formula is C16H24N2O2S. The zero-order valence-electron chi connectivity index (χ0n) is 12.8. The number of rotatable bonds is 4. The minimum Gasteiger partial charge on any atom is -0.381 e. The third-order valence-corrected chi connectivity index (χ3v) is 5.54. The highest BCUT2D eigenvalue weighted by Gasteiger charge is 2.40. The molecule has 0 bridgehead atoms. The van der Waals surface area contributed by atoms with Crippen molar-refractivity contribution >= 4 is 17.2 Å². The second-order valence-corrected chi connectivity index (χ2v) is 7.34. The quantitative estimate of drug-likeness (QED) is 0.930. The number of amides is 1. The first-order valence-electron chi connectivity index (χ1n) is 7.89. The molecule has 5 heteroatoms. The van der Waals surface area contributed by atoms with Crippen LogP contribution < -0.4 is 5.32 Å². The lowest BCUT2D eigenvalue weighted by atomic mass is 9.99. The standard InChI is InChI=1S/C16H24N2O2S/c1-3-13-16(19)18(10-12-6-8-20-9-7-12)15(17-13)14-5-4-11(2)21-14/h4-5,12-13,15,17H,3,6-10H2,1-2H3. The lowest BCUT2D eigenvalue weighted by molar-refractivity contribution is -0.131. The number of carbonyl (C=O) groups excluding carboxylic acids is 1. The maximum absolute atomic E-state index is 12.6. The van der Waals surface area contributed by atoms with Gasteiger partial charge in [0, 0.05) is 29.5 Å². The Morgan fingerprint density at radius 3 is 2.76 bits per heavy atom. The summed E-state index contributed by atoms with van der Waals surface area (Å²) >= 11 is 1.78. The summed E-state index contributed by atoms with van der Waals surface area (Å²) in [5.41, 5.74) is 0. The van der Waals surface area contributed by atoms with Crippen molar-refractivity contribution in [3.8, 4) is 0 Å². The van der Waals surface area contributed by atoms with E-state index in [9.17, 15) is 4.79 Å². The molecule has 116 valence electrons. The van der Waals surface area contributed by atoms with Crippen molar-refractivity contribution in [2.75, 3.05) is 19.8 Å². The van der Waals surface area contributed by atoms with E-state index in [1.54, 1.807) is 11.3 Å². The first-order valence-corrected chi connectivity index (χ1v) is 8.71. The molecule has 2 unspecified atom stereocenters. The van der Waals surface area contributed by atoms with E-state index < -0.39 is 0 Å². The van der Waals surface area contributed by atoms with Gasteiger partial charge in [0.2, 0.25) is 5.91 Å². The lowest BCUT2D eigenvalue weighted by Gasteiger charge is -2.30. The number of hydrogen-bond donors (Lipinski definition) is 1. The van der Waals surface area contributed by atoms with Gasteiger partial charge in [0.05, 0.1) is 6.04 Å². The zero-order chi connectivity index (χ0) is 14.8. The van der Waals surface area contributed by atoms with Gasteiger partial charge in [-0.05, 0) is 44.2 Å². The van der Waals surface area contributed by atoms with Crippen molar-refractivity contribution in [1.29, 1.82) is 0 Å². The van der Waals surface area contributed by atoms with Crippen molar-refractivity contribution < 1.29 is 9.53 Å². The van der Waals surface area contributed by atoms with Crippen LogP contribution in [0.3, 0.4) is 0 Å². The van der Waals surface area contributed by atoms with Crippen LogP contribution in [0.1, 0.15) is 42.1 Å². The van der Waals surface area contributed by atoms with Gasteiger partial charge in [0.15, 0.2) is 0 Å². The van der Waals surface area contributed by atoms with Crippen LogP contribution in [0, 0.1) is 12.8 Å². The SMILES string of the molecule is CCC1NC(c2ccc(C)s2)N(CC2CCOCC2)C1=O. The number of carbonyl (C=O) groups is 1. The van der Waals surface area contributed by atoms with E-state index in [0.717, 1.165) is 39.0 Å². The van der Waals surface area contributed by atoms with E-state index >= 15 is 0 Å². The Morgan fingerprint density at radius 1 is 1.38 bits per heavy atom. The molecule has 0 spiro atoms. The third-order valence-electron chi connectivity index (χ3n) is 4.49. The number of ether oxygens (including phenoxy) is 1. The smallest absolute Gasteiger partial charge is 0.241 e. The topological polar surface area (TPSA) is 41.6 Å². The van der Waals surface area contributed by atoms with Crippen molar-refractivity contribution in [1.82, 2.24) is 10.2 Å². The molecule has 1 amide bonds. The second-order valence-electron chi connectivity index (χ2n) is 6.02. The van der Waals surface area contributed by atoms with E-state index in [2.05, 4.69) is 36.2 Å². The van der Waals surface area contributed by atoms with Crippen LogP contribution in [0.15, 0.2) is 12.1 Å². The normalized spacial score (nSPS) is 27.5. The molecule has 3 rings (SSSR count). The van der Waals surface area contributed by atoms with Gasteiger partial charge in [-0.1, -0.05) is 6.92 Å². The first-order chi connectivity index (χ1) is 10.2. The molecule has 2 fully saturated rings. The van der Waals surface area contributed by atoms with Gasteiger partial charge in [-0.3, -0.25) is 10.1 Å². The molecule has 4 nitrogen and oxygen atoms in total. The van der Waals surface area contributed by atoms with Crippen LogP contribution in [-0.2, 0) is 9.53 Å². The number of nitrogens with one attached hydrogen (secondary N) is 1. The summed E-state index contributed by atoms with van der Waals surface area (Å²) in [4.78, 5) is 17.3. The van der Waals surface area contributed by atoms with Gasteiger partial charge in [-0.2, -0.15) is 0 Å². The van der Waals surface area contributed by atoms with E-state index in [4.69, 9.17) is 4.74 Å². The molecule has 2 saturated heterocycles. The van der Waals surface area contributed by atoms with Crippen LogP contribution in [0.4, 0.5) is 0 Å². The maximum atomic E-state index is 12.6. The summed E-state index contributed by atoms with van der Waals surface area (Å²) in [6, 6.07) is 4.26. The molecule has 0 saturated carbocycles. The Balaban J connectivity index is 1.77. The molecule has 2 atom stereocenters. The zero-order valence-corrected chi connectivity index (χ0v) is 13.6. The molecule has 2 aliphatic heterocycles. The maximum Gasteiger partial charge on any atom is 0.241 e. The molecule has 0 radical (unpaired) electrons. The van der Waals surface area contributed by atoms with Crippen LogP contribution in [0.5, 0.6) is 0 Å². The Hall–Kier alpha value is -0.910. The Kier molecular flexibility index (Phi) is 4.62. The lowest BCUT2D eigenvalue weighted by Crippen LogP contribution is -2.36. The molecule has 1 N–H and O–H groups in total. The van der Waals surface area contributed by atoms with Gasteiger partial charge in [0.25, 0.3) is 0 Å². The molecule has 1 aromatic heterocycles. The van der Waals surface area contributed by atoms with Crippen LogP contribution in [0.2, 0.25) is 0 Å². The fourth-order valence-electron chi connectivity index (χ4n) is 3.21. The van der Waals surface area contributed by atoms with Gasteiger partial charge < -0.3 is 9.64 Å². The minimum absolute atomic E-state index is 0.0303. The number of nitrogens with zero attached hydrogens (tertiary/aromatic N) is 1.